The molecule has 1 aliphatic heterocycles. The van der Waals surface area contributed by atoms with E-state index in [0.29, 0.717) is 17.0 Å². The molecular weight excluding hydrogens is 428 g/mol. The van der Waals surface area contributed by atoms with Gasteiger partial charge in [-0.05, 0) is 67.8 Å². The molecule has 1 fully saturated rings. The molecule has 2 aromatic rings. The molecule has 1 heterocycles. The topological polar surface area (TPSA) is 66.5 Å². The number of thioether (sulfide) groups is 1. The Balaban J connectivity index is 1.74. The fraction of sp³-hybridized carbons (Fsp3) is 0.381. The Hall–Kier alpha value is -1.54. The summed E-state index contributed by atoms with van der Waals surface area (Å²) in [4.78, 5) is 15.7. The molecule has 2 aromatic carbocycles. The fourth-order valence-electron chi connectivity index (χ4n) is 3.35. The van der Waals surface area contributed by atoms with Crippen molar-refractivity contribution < 1.29 is 13.2 Å². The van der Waals surface area contributed by atoms with Gasteiger partial charge in [-0.3, -0.25) is 4.79 Å². The van der Waals surface area contributed by atoms with Crippen molar-refractivity contribution in [1.82, 2.24) is 9.62 Å². The Bertz CT molecular complexity index is 956. The Labute approximate surface area is 181 Å². The molecule has 0 aliphatic carbocycles. The van der Waals surface area contributed by atoms with Gasteiger partial charge in [-0.25, -0.2) is 13.1 Å². The Morgan fingerprint density at radius 2 is 1.79 bits per heavy atom. The largest absolute Gasteiger partial charge is 0.339 e. The van der Waals surface area contributed by atoms with Crippen LogP contribution in [-0.4, -0.2) is 45.1 Å². The van der Waals surface area contributed by atoms with Crippen LogP contribution in [0.1, 0.15) is 35.2 Å². The summed E-state index contributed by atoms with van der Waals surface area (Å²) in [6.07, 6.45) is 5.56. The Morgan fingerprint density at radius 1 is 1.10 bits per heavy atom. The molecule has 29 heavy (non-hydrogen) atoms. The third kappa shape index (κ3) is 5.75. The summed E-state index contributed by atoms with van der Waals surface area (Å²) in [5.41, 5.74) is 1.45. The number of sulfonamides is 1. The highest BCUT2D eigenvalue weighted by atomic mass is 35.5. The van der Waals surface area contributed by atoms with Crippen LogP contribution in [0, 0.1) is 0 Å². The monoisotopic (exact) mass is 452 g/mol. The van der Waals surface area contributed by atoms with Crippen LogP contribution in [0.3, 0.4) is 0 Å². The third-order valence-electron chi connectivity index (χ3n) is 4.97. The number of nitrogens with zero attached hydrogens (tertiary/aromatic N) is 1. The molecule has 1 saturated heterocycles. The zero-order chi connectivity index (χ0) is 20.9. The number of benzene rings is 2. The fourth-order valence-corrected chi connectivity index (χ4v) is 5.11. The maximum Gasteiger partial charge on any atom is 0.255 e. The summed E-state index contributed by atoms with van der Waals surface area (Å²) in [5.74, 6) is -0.0905. The van der Waals surface area contributed by atoms with Crippen LogP contribution in [0.25, 0.3) is 0 Å². The van der Waals surface area contributed by atoms with E-state index >= 15 is 0 Å². The van der Waals surface area contributed by atoms with Gasteiger partial charge >= 0.3 is 0 Å². The van der Waals surface area contributed by atoms with Crippen LogP contribution in [-0.2, 0) is 16.4 Å². The number of halogens is 1. The lowest BCUT2D eigenvalue weighted by molar-refractivity contribution is 0.0720. The maximum atomic E-state index is 13.0. The molecule has 0 unspecified atom stereocenters. The van der Waals surface area contributed by atoms with E-state index in [1.54, 1.807) is 24.3 Å². The minimum atomic E-state index is -3.71. The average molecular weight is 453 g/mol. The molecule has 3 rings (SSSR count). The molecule has 0 radical (unpaired) electrons. The number of nitrogens with one attached hydrogen (secondary N) is 1. The normalized spacial score (nSPS) is 14.8. The van der Waals surface area contributed by atoms with E-state index in [-0.39, 0.29) is 17.3 Å². The predicted molar refractivity (Wildman–Crippen MR) is 118 cm³/mol. The van der Waals surface area contributed by atoms with Gasteiger partial charge in [0.15, 0.2) is 0 Å². The van der Waals surface area contributed by atoms with Crippen molar-refractivity contribution in [2.75, 3.05) is 25.9 Å². The van der Waals surface area contributed by atoms with E-state index in [9.17, 15) is 13.2 Å². The second-order valence-corrected chi connectivity index (χ2v) is 10.0. The van der Waals surface area contributed by atoms with Crippen molar-refractivity contribution in [3.8, 4) is 0 Å². The quantitative estimate of drug-likeness (QED) is 0.639. The molecule has 5 nitrogen and oxygen atoms in total. The SMILES string of the molecule is CSc1ccc(S(=O)(=O)NCCc2ccc(Cl)cc2)cc1C(=O)N1CCCCC1. The number of carbonyl (C=O) groups excluding carboxylic acids is 1. The van der Waals surface area contributed by atoms with E-state index in [4.69, 9.17) is 11.6 Å². The van der Waals surface area contributed by atoms with Crippen molar-refractivity contribution in [2.24, 2.45) is 0 Å². The highest BCUT2D eigenvalue weighted by Crippen LogP contribution is 2.26. The average Bonchev–Trinajstić information content (AvgIpc) is 2.74. The van der Waals surface area contributed by atoms with Crippen molar-refractivity contribution in [3.63, 3.8) is 0 Å². The van der Waals surface area contributed by atoms with Gasteiger partial charge in [0, 0.05) is 29.6 Å². The van der Waals surface area contributed by atoms with Gasteiger partial charge < -0.3 is 4.90 Å². The standard InChI is InChI=1S/C21H25ClN2O3S2/c1-28-20-10-9-18(15-19(20)21(25)24-13-3-2-4-14-24)29(26,27)23-12-11-16-5-7-17(22)8-6-16/h5-10,15,23H,2-4,11-14H2,1H3. The van der Waals surface area contributed by atoms with E-state index in [0.717, 1.165) is 42.8 Å². The van der Waals surface area contributed by atoms with Gasteiger partial charge in [0.25, 0.3) is 5.91 Å². The number of carbonyl (C=O) groups is 1. The van der Waals surface area contributed by atoms with Gasteiger partial charge in [0.05, 0.1) is 10.5 Å². The summed E-state index contributed by atoms with van der Waals surface area (Å²) < 4.78 is 28.2. The summed E-state index contributed by atoms with van der Waals surface area (Å²) in [6, 6.07) is 12.1. The first-order valence-corrected chi connectivity index (χ1v) is 12.7. The van der Waals surface area contributed by atoms with Crippen molar-refractivity contribution >= 4 is 39.3 Å². The van der Waals surface area contributed by atoms with E-state index in [1.807, 2.05) is 23.3 Å². The van der Waals surface area contributed by atoms with E-state index in [2.05, 4.69) is 4.72 Å². The Kier molecular flexibility index (Phi) is 7.62. The van der Waals surface area contributed by atoms with Crippen LogP contribution in [0.15, 0.2) is 52.3 Å². The summed E-state index contributed by atoms with van der Waals surface area (Å²) >= 11 is 7.33. The molecule has 8 heteroatoms. The predicted octanol–water partition coefficient (Wildman–Crippen LogP) is 4.21. The molecule has 0 saturated carbocycles. The number of hydrogen-bond donors (Lipinski definition) is 1. The van der Waals surface area contributed by atoms with E-state index in [1.165, 1.54) is 17.8 Å². The van der Waals surface area contributed by atoms with Gasteiger partial charge in [0.2, 0.25) is 10.0 Å². The number of amides is 1. The van der Waals surface area contributed by atoms with Gasteiger partial charge in [-0.2, -0.15) is 0 Å². The zero-order valence-electron chi connectivity index (χ0n) is 16.4. The number of piperidine rings is 1. The Morgan fingerprint density at radius 3 is 2.45 bits per heavy atom. The molecule has 0 aromatic heterocycles. The lowest BCUT2D eigenvalue weighted by Crippen LogP contribution is -2.36. The molecule has 0 bridgehead atoms. The smallest absolute Gasteiger partial charge is 0.255 e. The third-order valence-corrected chi connectivity index (χ3v) is 7.48. The molecular formula is C21H25ClN2O3S2. The van der Waals surface area contributed by atoms with Crippen molar-refractivity contribution in [3.05, 3.63) is 58.6 Å². The van der Waals surface area contributed by atoms with Crippen molar-refractivity contribution in [2.45, 2.75) is 35.5 Å². The van der Waals surface area contributed by atoms with Gasteiger partial charge in [-0.15, -0.1) is 11.8 Å². The van der Waals surface area contributed by atoms with Gasteiger partial charge in [0.1, 0.15) is 0 Å². The van der Waals surface area contributed by atoms with E-state index < -0.39 is 10.0 Å². The first kappa shape index (κ1) is 22.2. The number of rotatable bonds is 7. The number of likely N-dealkylation sites (tertiary alicyclic amines) is 1. The molecule has 1 aliphatic rings. The summed E-state index contributed by atoms with van der Waals surface area (Å²) in [7, 11) is -3.71. The highest BCUT2D eigenvalue weighted by molar-refractivity contribution is 7.98. The minimum absolute atomic E-state index is 0.0905. The van der Waals surface area contributed by atoms with Crippen LogP contribution in [0.5, 0.6) is 0 Å². The van der Waals surface area contributed by atoms with Crippen LogP contribution in [0.4, 0.5) is 0 Å². The van der Waals surface area contributed by atoms with Crippen LogP contribution < -0.4 is 4.72 Å². The first-order chi connectivity index (χ1) is 13.9. The maximum absolute atomic E-state index is 13.0. The molecule has 156 valence electrons. The first-order valence-electron chi connectivity index (χ1n) is 9.62. The van der Waals surface area contributed by atoms with Crippen LogP contribution >= 0.6 is 23.4 Å². The molecule has 0 spiro atoms. The second-order valence-electron chi connectivity index (χ2n) is 6.99. The number of hydrogen-bond acceptors (Lipinski definition) is 4. The van der Waals surface area contributed by atoms with Gasteiger partial charge in [-0.1, -0.05) is 23.7 Å². The second kappa shape index (κ2) is 9.98. The van der Waals surface area contributed by atoms with Crippen molar-refractivity contribution in [1.29, 1.82) is 0 Å². The molecule has 1 N–H and O–H groups in total. The minimum Gasteiger partial charge on any atom is -0.339 e. The zero-order valence-corrected chi connectivity index (χ0v) is 18.7. The molecule has 0 atom stereocenters. The lowest BCUT2D eigenvalue weighted by atomic mass is 10.1. The summed E-state index contributed by atoms with van der Waals surface area (Å²) in [6.45, 7) is 1.72. The highest BCUT2D eigenvalue weighted by Gasteiger charge is 2.23. The molecule has 1 amide bonds. The lowest BCUT2D eigenvalue weighted by Gasteiger charge is -2.27. The summed E-state index contributed by atoms with van der Waals surface area (Å²) in [5, 5.41) is 0.647. The van der Waals surface area contributed by atoms with Crippen LogP contribution in [0.2, 0.25) is 5.02 Å².